The highest BCUT2D eigenvalue weighted by molar-refractivity contribution is 7.19. The topological polar surface area (TPSA) is 84.6 Å². The van der Waals surface area contributed by atoms with Crippen molar-refractivity contribution in [1.82, 2.24) is 0 Å². The molecule has 0 saturated carbocycles. The molecule has 0 atom stereocenters. The number of carbonyl (C=O) groups excluding carboxylic acids is 1. The Bertz CT molecular complexity index is 722. The smallest absolute Gasteiger partial charge is 0.315 e. The number of amides is 1. The molecule has 1 aromatic heterocycles. The lowest BCUT2D eigenvalue weighted by Crippen LogP contribution is -2.12. The van der Waals surface area contributed by atoms with Crippen LogP contribution in [0.4, 0.5) is 10.0 Å². The molecule has 6 nitrogen and oxygen atoms in total. The molecule has 0 unspecified atom stereocenters. The summed E-state index contributed by atoms with van der Waals surface area (Å²) in [6.07, 6.45) is 0. The quantitative estimate of drug-likeness (QED) is 0.680. The molecule has 1 aliphatic rings. The van der Waals surface area contributed by atoms with Crippen molar-refractivity contribution in [3.63, 3.8) is 0 Å². The highest BCUT2D eigenvalue weighted by atomic mass is 32.1. The molecule has 2 aromatic rings. The van der Waals surface area contributed by atoms with Gasteiger partial charge >= 0.3 is 5.00 Å². The van der Waals surface area contributed by atoms with Gasteiger partial charge in [0.2, 0.25) is 5.91 Å². The van der Waals surface area contributed by atoms with Gasteiger partial charge in [-0.25, -0.2) is 0 Å². The first-order valence-corrected chi connectivity index (χ1v) is 6.65. The third kappa shape index (κ3) is 2.19. The molecule has 1 aliphatic heterocycles. The highest BCUT2D eigenvalue weighted by Gasteiger charge is 2.24. The van der Waals surface area contributed by atoms with E-state index in [2.05, 4.69) is 10.3 Å². The largest absolute Gasteiger partial charge is 0.326 e. The Labute approximate surface area is 117 Å². The number of hydrogen-bond donors (Lipinski definition) is 1. The van der Waals surface area contributed by atoms with E-state index in [1.807, 2.05) is 30.3 Å². The minimum absolute atomic E-state index is 0.0131. The number of benzene rings is 1. The molecule has 0 aliphatic carbocycles. The fraction of sp³-hybridized carbons (Fsp3) is 0.0769. The van der Waals surface area contributed by atoms with Crippen LogP contribution in [-0.4, -0.2) is 23.1 Å². The zero-order valence-electron chi connectivity index (χ0n) is 10.2. The maximum Gasteiger partial charge on any atom is 0.326 e. The Morgan fingerprint density at radius 1 is 1.30 bits per heavy atom. The number of nitrogens with one attached hydrogen (secondary N) is 1. The molecule has 7 heteroatoms. The third-order valence-electron chi connectivity index (χ3n) is 2.84. The van der Waals surface area contributed by atoms with E-state index in [1.54, 1.807) is 0 Å². The summed E-state index contributed by atoms with van der Waals surface area (Å²) < 4.78 is 0. The SMILES string of the molecule is O=C1CN=C(c2ccccc2)c2cc([N+](=O)[O-])sc2N1. The van der Waals surface area contributed by atoms with Crippen LogP contribution < -0.4 is 5.32 Å². The second-order valence-corrected chi connectivity index (χ2v) is 5.19. The van der Waals surface area contributed by atoms with E-state index >= 15 is 0 Å². The Kier molecular flexibility index (Phi) is 3.03. The lowest BCUT2D eigenvalue weighted by Gasteiger charge is -2.03. The first kappa shape index (κ1) is 12.5. The Balaban J connectivity index is 2.16. The lowest BCUT2D eigenvalue weighted by molar-refractivity contribution is -0.380. The summed E-state index contributed by atoms with van der Waals surface area (Å²) in [6, 6.07) is 10.8. The Hall–Kier alpha value is -2.54. The maximum absolute atomic E-state index is 11.6. The molecule has 1 aromatic carbocycles. The number of thiophene rings is 1. The van der Waals surface area contributed by atoms with Crippen LogP contribution in [0.2, 0.25) is 0 Å². The van der Waals surface area contributed by atoms with E-state index in [-0.39, 0.29) is 17.5 Å². The van der Waals surface area contributed by atoms with Gasteiger partial charge in [-0.15, -0.1) is 0 Å². The predicted molar refractivity (Wildman–Crippen MR) is 76.6 cm³/mol. The van der Waals surface area contributed by atoms with Gasteiger partial charge in [0.1, 0.15) is 11.5 Å². The normalized spacial score (nSPS) is 14.0. The van der Waals surface area contributed by atoms with Crippen molar-refractivity contribution in [3.05, 3.63) is 57.6 Å². The third-order valence-corrected chi connectivity index (χ3v) is 3.84. The average molecular weight is 287 g/mol. The number of anilines is 1. The summed E-state index contributed by atoms with van der Waals surface area (Å²) in [5, 5.41) is 14.0. The maximum atomic E-state index is 11.6. The minimum Gasteiger partial charge on any atom is -0.315 e. The number of fused-ring (bicyclic) bond motifs is 1. The standard InChI is InChI=1S/C13H9N3O3S/c17-10-7-14-12(8-4-2-1-3-5-8)9-6-11(16(18)19)20-13(9)15-10/h1-6H,7H2,(H,15,17). The first-order chi connectivity index (χ1) is 9.65. The van der Waals surface area contributed by atoms with Gasteiger partial charge in [-0.1, -0.05) is 30.3 Å². The van der Waals surface area contributed by atoms with E-state index in [4.69, 9.17) is 0 Å². The van der Waals surface area contributed by atoms with E-state index in [9.17, 15) is 14.9 Å². The molecule has 20 heavy (non-hydrogen) atoms. The van der Waals surface area contributed by atoms with Gasteiger partial charge < -0.3 is 5.32 Å². The molecule has 100 valence electrons. The van der Waals surface area contributed by atoms with E-state index in [0.717, 1.165) is 16.9 Å². The summed E-state index contributed by atoms with van der Waals surface area (Å²) in [6.45, 7) is 0.0133. The number of carbonyl (C=O) groups is 1. The number of aliphatic imine (C=N–C) groups is 1. The summed E-state index contributed by atoms with van der Waals surface area (Å²) in [5.41, 5.74) is 2.03. The lowest BCUT2D eigenvalue weighted by atomic mass is 10.0. The number of rotatable bonds is 2. The molecule has 0 saturated heterocycles. The zero-order valence-corrected chi connectivity index (χ0v) is 11.0. The molecular weight excluding hydrogens is 278 g/mol. The van der Waals surface area contributed by atoms with Crippen LogP contribution in [0.25, 0.3) is 0 Å². The second kappa shape index (κ2) is 4.86. The van der Waals surface area contributed by atoms with Gasteiger partial charge in [-0.2, -0.15) is 0 Å². The molecule has 0 fully saturated rings. The van der Waals surface area contributed by atoms with Crippen molar-refractivity contribution in [2.75, 3.05) is 11.9 Å². The van der Waals surface area contributed by atoms with Gasteiger partial charge in [0, 0.05) is 17.2 Å². The van der Waals surface area contributed by atoms with Gasteiger partial charge in [0.15, 0.2) is 0 Å². The van der Waals surface area contributed by atoms with Crippen LogP contribution in [0.3, 0.4) is 0 Å². The van der Waals surface area contributed by atoms with Crippen molar-refractivity contribution < 1.29 is 9.72 Å². The first-order valence-electron chi connectivity index (χ1n) is 5.83. The molecule has 1 N–H and O–H groups in total. The van der Waals surface area contributed by atoms with E-state index in [0.29, 0.717) is 16.3 Å². The van der Waals surface area contributed by atoms with Gasteiger partial charge in [-0.3, -0.25) is 19.9 Å². The van der Waals surface area contributed by atoms with Crippen molar-refractivity contribution in [3.8, 4) is 0 Å². The average Bonchev–Trinajstić information content (AvgIpc) is 2.78. The highest BCUT2D eigenvalue weighted by Crippen LogP contribution is 2.36. The van der Waals surface area contributed by atoms with E-state index < -0.39 is 4.92 Å². The number of nitro groups is 1. The molecule has 0 radical (unpaired) electrons. The second-order valence-electron chi connectivity index (χ2n) is 4.16. The van der Waals surface area contributed by atoms with Crippen LogP contribution >= 0.6 is 11.3 Å². The summed E-state index contributed by atoms with van der Waals surface area (Å²) >= 11 is 0.947. The molecular formula is C13H9N3O3S. The van der Waals surface area contributed by atoms with Crippen LogP contribution in [0.15, 0.2) is 41.4 Å². The van der Waals surface area contributed by atoms with Crippen LogP contribution in [0.5, 0.6) is 0 Å². The summed E-state index contributed by atoms with van der Waals surface area (Å²) in [4.78, 5) is 26.3. The Morgan fingerprint density at radius 3 is 2.75 bits per heavy atom. The monoisotopic (exact) mass is 287 g/mol. The molecule has 1 amide bonds. The van der Waals surface area contributed by atoms with Crippen molar-refractivity contribution >= 4 is 33.0 Å². The minimum atomic E-state index is -0.464. The molecule has 3 rings (SSSR count). The van der Waals surface area contributed by atoms with Gasteiger partial charge in [0.05, 0.1) is 10.6 Å². The fourth-order valence-corrected chi connectivity index (χ4v) is 2.87. The number of hydrogen-bond acceptors (Lipinski definition) is 5. The van der Waals surface area contributed by atoms with Crippen LogP contribution in [0.1, 0.15) is 11.1 Å². The fourth-order valence-electron chi connectivity index (χ4n) is 1.98. The van der Waals surface area contributed by atoms with Gasteiger partial charge in [-0.05, 0) is 11.3 Å². The van der Waals surface area contributed by atoms with Crippen molar-refractivity contribution in [1.29, 1.82) is 0 Å². The summed E-state index contributed by atoms with van der Waals surface area (Å²) in [5.74, 6) is -0.270. The van der Waals surface area contributed by atoms with Crippen molar-refractivity contribution in [2.45, 2.75) is 0 Å². The number of nitrogens with zero attached hydrogens (tertiary/aromatic N) is 2. The van der Waals surface area contributed by atoms with Crippen LogP contribution in [0, 0.1) is 10.1 Å². The van der Waals surface area contributed by atoms with Crippen molar-refractivity contribution in [2.24, 2.45) is 4.99 Å². The zero-order chi connectivity index (χ0) is 14.1. The van der Waals surface area contributed by atoms with Crippen LogP contribution in [-0.2, 0) is 4.79 Å². The summed E-state index contributed by atoms with van der Waals surface area (Å²) in [7, 11) is 0. The molecule has 2 heterocycles. The molecule has 0 bridgehead atoms. The molecule has 0 spiro atoms. The Morgan fingerprint density at radius 2 is 2.05 bits per heavy atom. The van der Waals surface area contributed by atoms with Gasteiger partial charge in [0.25, 0.3) is 0 Å². The van der Waals surface area contributed by atoms with E-state index in [1.165, 1.54) is 6.07 Å². The predicted octanol–water partition coefficient (Wildman–Crippen LogP) is 2.45.